The van der Waals surface area contributed by atoms with Gasteiger partial charge in [-0.1, -0.05) is 30.3 Å². The van der Waals surface area contributed by atoms with Crippen LogP contribution in [0.25, 0.3) is 11.1 Å². The first-order valence-corrected chi connectivity index (χ1v) is 13.7. The van der Waals surface area contributed by atoms with E-state index in [4.69, 9.17) is 0 Å². The number of aromatic hydroxyl groups is 3. The van der Waals surface area contributed by atoms with Gasteiger partial charge in [-0.15, -0.1) is 0 Å². The van der Waals surface area contributed by atoms with Crippen molar-refractivity contribution < 1.29 is 30.3 Å². The van der Waals surface area contributed by atoms with Gasteiger partial charge in [0.1, 0.15) is 5.75 Å². The first-order chi connectivity index (χ1) is 19.1. The van der Waals surface area contributed by atoms with Crippen LogP contribution in [-0.2, 0) is 18.3 Å². The van der Waals surface area contributed by atoms with Gasteiger partial charge in [0, 0.05) is 29.8 Å². The van der Waals surface area contributed by atoms with Crippen molar-refractivity contribution in [1.82, 2.24) is 20.2 Å². The number of phenolic OH excluding ortho intramolecular Hbond substituents is 1. The standard InChI is InChI=1S/C30H34N4O6/c1-34-13-11-29-15-20(35)8-10-30(29,40)23(34)14-19-6-7-21(25(36)24(19)29)26(37)31-12-9-17-2-4-18(5-3-17)22-16-32-28(39)33-27(22)38/h2-7,16,20,23,35-36,40H,8-15H2,1H3,(H,31,37)(H2,32,33,38,39)/t20?,23-,29-,30-/m1/s1. The summed E-state index contributed by atoms with van der Waals surface area (Å²) in [6, 6.07) is 10.3. The maximum atomic E-state index is 13.2. The molecule has 4 atom stereocenters. The lowest BCUT2D eigenvalue weighted by molar-refractivity contribution is -0.177. The van der Waals surface area contributed by atoms with Gasteiger partial charge in [-0.25, -0.2) is 4.98 Å². The summed E-state index contributed by atoms with van der Waals surface area (Å²) >= 11 is 0. The Kier molecular flexibility index (Phi) is 6.44. The topological polar surface area (TPSA) is 159 Å². The van der Waals surface area contributed by atoms with E-state index >= 15 is 0 Å². The summed E-state index contributed by atoms with van der Waals surface area (Å²) in [6.07, 6.45) is 3.84. The number of fused-ring (bicyclic) bond motifs is 1. The second-order valence-electron chi connectivity index (χ2n) is 11.5. The zero-order chi connectivity index (χ0) is 28.2. The molecule has 2 fully saturated rings. The lowest BCUT2D eigenvalue weighted by atomic mass is 9.49. The third-order valence-corrected chi connectivity index (χ3v) is 9.37. The molecule has 2 heterocycles. The normalized spacial score (nSPS) is 27.5. The van der Waals surface area contributed by atoms with E-state index in [9.17, 15) is 30.3 Å². The van der Waals surface area contributed by atoms with Crippen LogP contribution < -0.4 is 5.32 Å². The number of aromatic nitrogens is 2. The third-order valence-electron chi connectivity index (χ3n) is 9.37. The molecular weight excluding hydrogens is 512 g/mol. The van der Waals surface area contributed by atoms with Crippen molar-refractivity contribution in [2.24, 2.45) is 0 Å². The van der Waals surface area contributed by atoms with Gasteiger partial charge in [-0.05, 0) is 74.9 Å². The number of nitrogens with zero attached hydrogens (tertiary/aromatic N) is 3. The Hall–Kier alpha value is -3.73. The molecule has 2 aliphatic carbocycles. The molecule has 1 saturated carbocycles. The monoisotopic (exact) mass is 546 g/mol. The molecule has 0 radical (unpaired) electrons. The lowest BCUT2D eigenvalue weighted by Crippen LogP contribution is -2.72. The molecule has 2 bridgehead atoms. The quantitative estimate of drug-likeness (QED) is 0.281. The molecule has 1 aromatic heterocycles. The van der Waals surface area contributed by atoms with Gasteiger partial charge < -0.3 is 35.7 Å². The number of benzene rings is 2. The van der Waals surface area contributed by atoms with E-state index in [2.05, 4.69) is 20.2 Å². The summed E-state index contributed by atoms with van der Waals surface area (Å²) in [4.78, 5) is 22.7. The number of rotatable bonds is 5. The highest BCUT2D eigenvalue weighted by Gasteiger charge is 2.65. The lowest BCUT2D eigenvalue weighted by Gasteiger charge is -2.63. The SMILES string of the molecule is CN1CC[C@]23CC(O)CC[C@@]2(O)[C@H]1Cc1ccc(C(=O)NCCc2ccc(-c4cnc(O)nc4O)cc2)c(O)c13. The van der Waals surface area contributed by atoms with Crippen LogP contribution in [0, 0.1) is 0 Å². The Morgan fingerprint density at radius 3 is 2.65 bits per heavy atom. The maximum Gasteiger partial charge on any atom is 0.317 e. The van der Waals surface area contributed by atoms with E-state index in [0.717, 1.165) is 17.7 Å². The highest BCUT2D eigenvalue weighted by atomic mass is 16.3. The molecule has 6 N–H and O–H groups in total. The van der Waals surface area contributed by atoms with Crippen molar-refractivity contribution in [2.45, 2.75) is 61.7 Å². The zero-order valence-corrected chi connectivity index (χ0v) is 22.3. The van der Waals surface area contributed by atoms with Gasteiger partial charge in [-0.3, -0.25) is 4.79 Å². The fourth-order valence-electron chi connectivity index (χ4n) is 7.33. The van der Waals surface area contributed by atoms with Crippen LogP contribution in [-0.4, -0.2) is 84.2 Å². The van der Waals surface area contributed by atoms with E-state index in [0.29, 0.717) is 61.8 Å². The smallest absolute Gasteiger partial charge is 0.317 e. The first kappa shape index (κ1) is 26.5. The number of carbonyl (C=O) groups is 1. The van der Waals surface area contributed by atoms with Crippen molar-refractivity contribution in [3.8, 4) is 28.8 Å². The minimum Gasteiger partial charge on any atom is -0.507 e. The largest absolute Gasteiger partial charge is 0.507 e. The molecule has 1 unspecified atom stereocenters. The Bertz CT molecular complexity index is 1460. The van der Waals surface area contributed by atoms with Crippen molar-refractivity contribution in [3.05, 3.63) is 64.8 Å². The summed E-state index contributed by atoms with van der Waals surface area (Å²) < 4.78 is 0. The van der Waals surface area contributed by atoms with Crippen LogP contribution in [0.15, 0.2) is 42.6 Å². The van der Waals surface area contributed by atoms with Crippen molar-refractivity contribution in [1.29, 1.82) is 0 Å². The summed E-state index contributed by atoms with van der Waals surface area (Å²) in [7, 11) is 2.02. The third kappa shape index (κ3) is 4.09. The molecule has 2 aromatic carbocycles. The first-order valence-electron chi connectivity index (χ1n) is 13.7. The minimum atomic E-state index is -1.08. The molecule has 10 nitrogen and oxygen atoms in total. The Morgan fingerprint density at radius 2 is 1.90 bits per heavy atom. The highest BCUT2D eigenvalue weighted by molar-refractivity contribution is 5.97. The molecule has 210 valence electrons. The molecule has 6 rings (SSSR count). The number of aliphatic hydroxyl groups is 2. The fraction of sp³-hybridized carbons (Fsp3) is 0.433. The van der Waals surface area contributed by atoms with Crippen LogP contribution in [0.3, 0.4) is 0 Å². The molecule has 1 aliphatic heterocycles. The number of piperidine rings is 1. The second kappa shape index (κ2) is 9.72. The van der Waals surface area contributed by atoms with E-state index in [1.807, 2.05) is 25.2 Å². The van der Waals surface area contributed by atoms with Gasteiger partial charge in [0.2, 0.25) is 5.88 Å². The van der Waals surface area contributed by atoms with Gasteiger partial charge in [0.15, 0.2) is 0 Å². The number of hydrogen-bond donors (Lipinski definition) is 6. The Labute approximate surface area is 232 Å². The molecule has 1 saturated heterocycles. The van der Waals surface area contributed by atoms with Crippen LogP contribution in [0.4, 0.5) is 0 Å². The predicted molar refractivity (Wildman–Crippen MR) is 146 cm³/mol. The molecule has 1 amide bonds. The number of hydrogen-bond acceptors (Lipinski definition) is 9. The minimum absolute atomic E-state index is 0.0918. The molecular formula is C30H34N4O6. The fourth-order valence-corrected chi connectivity index (χ4v) is 7.33. The maximum absolute atomic E-state index is 13.2. The molecule has 10 heteroatoms. The number of carbonyl (C=O) groups excluding carboxylic acids is 1. The van der Waals surface area contributed by atoms with E-state index < -0.39 is 29.0 Å². The molecule has 3 aromatic rings. The van der Waals surface area contributed by atoms with Gasteiger partial charge >= 0.3 is 6.01 Å². The number of likely N-dealkylation sites (N-methyl/N-ethyl adjacent to an activating group) is 1. The van der Waals surface area contributed by atoms with Crippen molar-refractivity contribution >= 4 is 5.91 Å². The summed E-state index contributed by atoms with van der Waals surface area (Å²) in [5.74, 6) is -0.797. The summed E-state index contributed by atoms with van der Waals surface area (Å²) in [5.41, 5.74) is 1.89. The predicted octanol–water partition coefficient (Wildman–Crippen LogP) is 2.01. The van der Waals surface area contributed by atoms with Gasteiger partial charge in [-0.2, -0.15) is 4.98 Å². The average Bonchev–Trinajstić information content (AvgIpc) is 2.92. The van der Waals surface area contributed by atoms with E-state index in [1.165, 1.54) is 6.20 Å². The van der Waals surface area contributed by atoms with Crippen LogP contribution in [0.2, 0.25) is 0 Å². The molecule has 40 heavy (non-hydrogen) atoms. The number of likely N-dealkylation sites (tertiary alicyclic amines) is 1. The Balaban J connectivity index is 1.19. The second-order valence-corrected chi connectivity index (χ2v) is 11.5. The van der Waals surface area contributed by atoms with Gasteiger partial charge in [0.05, 0.1) is 22.8 Å². The number of phenols is 1. The van der Waals surface area contributed by atoms with Crippen molar-refractivity contribution in [3.63, 3.8) is 0 Å². The van der Waals surface area contributed by atoms with Crippen molar-refractivity contribution in [2.75, 3.05) is 20.1 Å². The Morgan fingerprint density at radius 1 is 1.12 bits per heavy atom. The number of amides is 1. The van der Waals surface area contributed by atoms with Gasteiger partial charge in [0.25, 0.3) is 5.91 Å². The average molecular weight is 547 g/mol. The number of aliphatic hydroxyl groups excluding tert-OH is 1. The molecule has 3 aliphatic rings. The number of nitrogens with one attached hydrogen (secondary N) is 1. The summed E-state index contributed by atoms with van der Waals surface area (Å²) in [5, 5.41) is 56.3. The van der Waals surface area contributed by atoms with E-state index in [-0.39, 0.29) is 23.2 Å². The zero-order valence-electron chi connectivity index (χ0n) is 22.3. The van der Waals surface area contributed by atoms with Crippen LogP contribution in [0.5, 0.6) is 17.6 Å². The molecule has 0 spiro atoms. The summed E-state index contributed by atoms with van der Waals surface area (Å²) in [6.45, 7) is 1.08. The van der Waals surface area contributed by atoms with E-state index in [1.54, 1.807) is 18.2 Å². The highest BCUT2D eigenvalue weighted by Crippen LogP contribution is 2.60. The van der Waals surface area contributed by atoms with Crippen LogP contribution >= 0.6 is 0 Å². The van der Waals surface area contributed by atoms with Crippen LogP contribution in [0.1, 0.15) is 52.7 Å².